The van der Waals surface area contributed by atoms with E-state index < -0.39 is 10.8 Å². The SMILES string of the molecule is COc1ccc([C@@H](CNC(=O)c2ccc(Cl)c([N+](=O)[O-])c2)N2CCOCC2)cc1. The van der Waals surface area contributed by atoms with Gasteiger partial charge in [0.05, 0.1) is 31.3 Å². The number of carbonyl (C=O) groups is 1. The summed E-state index contributed by atoms with van der Waals surface area (Å²) in [5.41, 5.74) is 0.936. The van der Waals surface area contributed by atoms with Crippen molar-refractivity contribution in [1.29, 1.82) is 0 Å². The standard InChI is InChI=1S/C20H22ClN3O5/c1-28-16-5-2-14(3-6-16)19(23-8-10-29-11-9-23)13-22-20(25)15-4-7-17(21)18(12-15)24(26)27/h2-7,12,19H,8-11,13H2,1H3,(H,22,25)/t19-/m1/s1. The van der Waals surface area contributed by atoms with Crippen molar-refractivity contribution < 1.29 is 19.2 Å². The number of nitro groups is 1. The second-order valence-corrected chi connectivity index (χ2v) is 6.98. The number of methoxy groups -OCH3 is 1. The number of benzene rings is 2. The third kappa shape index (κ3) is 5.23. The first kappa shape index (κ1) is 21.0. The summed E-state index contributed by atoms with van der Waals surface area (Å²) in [6, 6.07) is 11.7. The quantitative estimate of drug-likeness (QED) is 0.547. The van der Waals surface area contributed by atoms with Crippen LogP contribution in [-0.4, -0.2) is 55.7 Å². The molecule has 29 heavy (non-hydrogen) atoms. The van der Waals surface area contributed by atoms with E-state index in [0.29, 0.717) is 19.8 Å². The summed E-state index contributed by atoms with van der Waals surface area (Å²) in [5, 5.41) is 14.0. The maximum Gasteiger partial charge on any atom is 0.288 e. The van der Waals surface area contributed by atoms with Gasteiger partial charge in [0, 0.05) is 31.3 Å². The monoisotopic (exact) mass is 419 g/mol. The molecule has 1 amide bonds. The zero-order chi connectivity index (χ0) is 20.8. The topological polar surface area (TPSA) is 93.9 Å². The molecule has 0 aromatic heterocycles. The maximum atomic E-state index is 12.6. The molecular formula is C20H22ClN3O5. The van der Waals surface area contributed by atoms with Crippen LogP contribution in [0, 0.1) is 10.1 Å². The smallest absolute Gasteiger partial charge is 0.288 e. The minimum atomic E-state index is -0.604. The molecule has 1 fully saturated rings. The van der Waals surface area contributed by atoms with Crippen molar-refractivity contribution in [2.45, 2.75) is 6.04 Å². The summed E-state index contributed by atoms with van der Waals surface area (Å²) in [5.74, 6) is 0.364. The van der Waals surface area contributed by atoms with Crippen molar-refractivity contribution >= 4 is 23.2 Å². The lowest BCUT2D eigenvalue weighted by Crippen LogP contribution is -2.43. The fourth-order valence-corrected chi connectivity index (χ4v) is 3.44. The van der Waals surface area contributed by atoms with E-state index in [-0.39, 0.29) is 22.3 Å². The molecule has 0 saturated carbocycles. The summed E-state index contributed by atoms with van der Waals surface area (Å²) in [6.45, 7) is 3.10. The highest BCUT2D eigenvalue weighted by Gasteiger charge is 2.24. The molecule has 0 aliphatic carbocycles. The number of hydrogen-bond donors (Lipinski definition) is 1. The summed E-state index contributed by atoms with van der Waals surface area (Å²) < 4.78 is 10.7. The van der Waals surface area contributed by atoms with Crippen LogP contribution in [0.3, 0.4) is 0 Å². The van der Waals surface area contributed by atoms with Crippen molar-refractivity contribution in [3.8, 4) is 5.75 Å². The van der Waals surface area contributed by atoms with Crippen molar-refractivity contribution in [3.63, 3.8) is 0 Å². The van der Waals surface area contributed by atoms with Crippen LogP contribution in [0.4, 0.5) is 5.69 Å². The summed E-state index contributed by atoms with van der Waals surface area (Å²) >= 11 is 5.83. The Bertz CT molecular complexity index is 869. The van der Waals surface area contributed by atoms with Gasteiger partial charge >= 0.3 is 0 Å². The van der Waals surface area contributed by atoms with E-state index in [9.17, 15) is 14.9 Å². The first-order chi connectivity index (χ1) is 14.0. The molecule has 0 unspecified atom stereocenters. The zero-order valence-electron chi connectivity index (χ0n) is 16.0. The minimum Gasteiger partial charge on any atom is -0.497 e. The van der Waals surface area contributed by atoms with Gasteiger partial charge < -0.3 is 14.8 Å². The minimum absolute atomic E-state index is 0.00373. The van der Waals surface area contributed by atoms with Crippen molar-refractivity contribution in [3.05, 3.63) is 68.7 Å². The molecule has 3 rings (SSSR count). The number of hydrogen-bond acceptors (Lipinski definition) is 6. The lowest BCUT2D eigenvalue weighted by Gasteiger charge is -2.35. The van der Waals surface area contributed by atoms with Gasteiger partial charge in [-0.2, -0.15) is 0 Å². The van der Waals surface area contributed by atoms with Crippen LogP contribution in [0.25, 0.3) is 0 Å². The molecule has 1 aliphatic heterocycles. The highest BCUT2D eigenvalue weighted by Crippen LogP contribution is 2.26. The molecule has 0 spiro atoms. The molecule has 0 bridgehead atoms. The molecule has 1 saturated heterocycles. The Labute approximate surface area is 173 Å². The molecule has 1 atom stereocenters. The van der Waals surface area contributed by atoms with Crippen LogP contribution in [-0.2, 0) is 4.74 Å². The molecule has 9 heteroatoms. The third-order valence-corrected chi connectivity index (χ3v) is 5.17. The van der Waals surface area contributed by atoms with E-state index in [4.69, 9.17) is 21.1 Å². The van der Waals surface area contributed by atoms with Crippen molar-refractivity contribution in [2.24, 2.45) is 0 Å². The molecule has 2 aromatic rings. The molecule has 1 aliphatic rings. The average molecular weight is 420 g/mol. The Balaban J connectivity index is 1.76. The Hall–Kier alpha value is -2.68. The van der Waals surface area contributed by atoms with Gasteiger partial charge in [0.2, 0.25) is 0 Å². The van der Waals surface area contributed by atoms with Crippen LogP contribution in [0.1, 0.15) is 22.0 Å². The highest BCUT2D eigenvalue weighted by atomic mass is 35.5. The summed E-state index contributed by atoms with van der Waals surface area (Å²) in [6.07, 6.45) is 0. The molecular weight excluding hydrogens is 398 g/mol. The predicted molar refractivity (Wildman–Crippen MR) is 109 cm³/mol. The van der Waals surface area contributed by atoms with E-state index in [2.05, 4.69) is 10.2 Å². The van der Waals surface area contributed by atoms with Crippen LogP contribution >= 0.6 is 11.6 Å². The first-order valence-corrected chi connectivity index (χ1v) is 9.55. The highest BCUT2D eigenvalue weighted by molar-refractivity contribution is 6.32. The Kier molecular flexibility index (Phi) is 7.03. The van der Waals surface area contributed by atoms with Gasteiger partial charge in [-0.25, -0.2) is 0 Å². The number of ether oxygens (including phenoxy) is 2. The molecule has 0 radical (unpaired) electrons. The zero-order valence-corrected chi connectivity index (χ0v) is 16.7. The molecule has 154 valence electrons. The molecule has 1 N–H and O–H groups in total. The van der Waals surface area contributed by atoms with E-state index in [1.54, 1.807) is 7.11 Å². The lowest BCUT2D eigenvalue weighted by atomic mass is 10.0. The number of carbonyl (C=O) groups excluding carboxylic acids is 1. The largest absolute Gasteiger partial charge is 0.497 e. The number of nitrogens with zero attached hydrogens (tertiary/aromatic N) is 2. The third-order valence-electron chi connectivity index (χ3n) is 4.85. The van der Waals surface area contributed by atoms with Crippen molar-refractivity contribution in [2.75, 3.05) is 40.0 Å². The van der Waals surface area contributed by atoms with Crippen LogP contribution in [0.2, 0.25) is 5.02 Å². The van der Waals surface area contributed by atoms with E-state index >= 15 is 0 Å². The van der Waals surface area contributed by atoms with Gasteiger partial charge in [-0.3, -0.25) is 19.8 Å². The second-order valence-electron chi connectivity index (χ2n) is 6.57. The lowest BCUT2D eigenvalue weighted by molar-refractivity contribution is -0.384. The van der Waals surface area contributed by atoms with Gasteiger partial charge in [-0.15, -0.1) is 0 Å². The van der Waals surface area contributed by atoms with Crippen LogP contribution in [0.5, 0.6) is 5.75 Å². The van der Waals surface area contributed by atoms with Gasteiger partial charge in [0.1, 0.15) is 10.8 Å². The Morgan fingerprint density at radius 3 is 2.59 bits per heavy atom. The fraction of sp³-hybridized carbons (Fsp3) is 0.350. The predicted octanol–water partition coefficient (Wildman–Crippen LogP) is 3.06. The van der Waals surface area contributed by atoms with Gasteiger partial charge in [-0.1, -0.05) is 23.7 Å². The molecule has 2 aromatic carbocycles. The molecule has 1 heterocycles. The van der Waals surface area contributed by atoms with Gasteiger partial charge in [0.25, 0.3) is 11.6 Å². The van der Waals surface area contributed by atoms with Gasteiger partial charge in [-0.05, 0) is 29.8 Å². The Morgan fingerprint density at radius 2 is 1.97 bits per heavy atom. The van der Waals surface area contributed by atoms with E-state index in [0.717, 1.165) is 24.4 Å². The first-order valence-electron chi connectivity index (χ1n) is 9.17. The van der Waals surface area contributed by atoms with E-state index in [1.165, 1.54) is 18.2 Å². The molecule has 8 nitrogen and oxygen atoms in total. The summed E-state index contributed by atoms with van der Waals surface area (Å²) in [7, 11) is 1.61. The second kappa shape index (κ2) is 9.69. The fourth-order valence-electron chi connectivity index (χ4n) is 3.26. The van der Waals surface area contributed by atoms with E-state index in [1.807, 2.05) is 24.3 Å². The normalized spacial score (nSPS) is 15.5. The maximum absolute atomic E-state index is 12.6. The number of halogens is 1. The number of morpholine rings is 1. The van der Waals surface area contributed by atoms with Crippen LogP contribution in [0.15, 0.2) is 42.5 Å². The Morgan fingerprint density at radius 1 is 1.28 bits per heavy atom. The van der Waals surface area contributed by atoms with Crippen molar-refractivity contribution in [1.82, 2.24) is 10.2 Å². The van der Waals surface area contributed by atoms with Crippen LogP contribution < -0.4 is 10.1 Å². The number of amides is 1. The van der Waals surface area contributed by atoms with Gasteiger partial charge in [0.15, 0.2) is 0 Å². The summed E-state index contributed by atoms with van der Waals surface area (Å²) in [4.78, 5) is 25.3. The average Bonchev–Trinajstić information content (AvgIpc) is 2.75. The number of nitrogens with one attached hydrogen (secondary N) is 1. The number of rotatable bonds is 7. The number of nitro benzene ring substituents is 1.